The molecule has 2 amide bonds. The normalized spacial score (nSPS) is 21.7. The van der Waals surface area contributed by atoms with E-state index in [1.165, 1.54) is 28.8 Å². The molecule has 1 saturated heterocycles. The Hall–Kier alpha value is -2.80. The summed E-state index contributed by atoms with van der Waals surface area (Å²) < 4.78 is 33.4. The molecule has 0 bridgehead atoms. The third kappa shape index (κ3) is 6.34. The van der Waals surface area contributed by atoms with Gasteiger partial charge in [0.1, 0.15) is 16.1 Å². The van der Waals surface area contributed by atoms with Crippen LogP contribution in [0.25, 0.3) is 0 Å². The largest absolute Gasteiger partial charge is 0.467 e. The van der Waals surface area contributed by atoms with Crippen LogP contribution in [-0.4, -0.2) is 54.0 Å². The second-order valence-electron chi connectivity index (χ2n) is 9.73. The van der Waals surface area contributed by atoms with Gasteiger partial charge in [-0.15, -0.1) is 0 Å². The Kier molecular flexibility index (Phi) is 8.36. The van der Waals surface area contributed by atoms with Crippen molar-refractivity contribution in [1.82, 2.24) is 9.62 Å². The minimum atomic E-state index is -3.75. The molecule has 1 atom stereocenters. The molecule has 1 saturated carbocycles. The van der Waals surface area contributed by atoms with Gasteiger partial charge in [0.2, 0.25) is 15.9 Å². The highest BCUT2D eigenvalue weighted by Gasteiger charge is 2.40. The van der Waals surface area contributed by atoms with Crippen LogP contribution in [0.4, 0.5) is 5.69 Å². The number of anilines is 1. The summed E-state index contributed by atoms with van der Waals surface area (Å²) in [5.41, 5.74) is 6.76. The molecule has 208 valence electrons. The number of amides is 2. The summed E-state index contributed by atoms with van der Waals surface area (Å²) in [6.45, 7) is 1.09. The number of thioether (sulfide) groups is 1. The molecule has 13 heteroatoms. The molecule has 2 fully saturated rings. The van der Waals surface area contributed by atoms with Gasteiger partial charge in [-0.3, -0.25) is 14.6 Å². The standard InChI is InChI=1S/C26H30ClN5O5S2/c27-19-10-9-18(39(35,36)32-11-3-1-2-4-12-32)14-20(19)31-25(34)23-22(28)21(24(33)30-16-7-8-16)26(38-23)29-15-17-6-5-13-37-17/h5-6,9-10,13-14,16,23H,1-4,7-8,11-12,15,28H2,(H,30,33)(H,31,34). The van der Waals surface area contributed by atoms with Crippen LogP contribution >= 0.6 is 23.4 Å². The third-order valence-electron chi connectivity index (χ3n) is 6.75. The van der Waals surface area contributed by atoms with Gasteiger partial charge in [-0.05, 0) is 56.0 Å². The van der Waals surface area contributed by atoms with Crippen LogP contribution in [0.15, 0.2) is 62.2 Å². The number of carbonyl (C=O) groups is 2. The third-order valence-corrected chi connectivity index (χ3v) is 10.2. The fourth-order valence-corrected chi connectivity index (χ4v) is 7.27. The highest BCUT2D eigenvalue weighted by molar-refractivity contribution is 8.16. The molecule has 1 unspecified atom stereocenters. The lowest BCUT2D eigenvalue weighted by molar-refractivity contribution is -0.117. The molecule has 2 aliphatic heterocycles. The minimum absolute atomic E-state index is 0.0527. The summed E-state index contributed by atoms with van der Waals surface area (Å²) in [4.78, 5) is 31.0. The van der Waals surface area contributed by atoms with Gasteiger partial charge in [-0.25, -0.2) is 8.42 Å². The van der Waals surface area contributed by atoms with Gasteiger partial charge in [0.05, 0.1) is 34.0 Å². The average molecular weight is 592 g/mol. The topological polar surface area (TPSA) is 147 Å². The van der Waals surface area contributed by atoms with Gasteiger partial charge in [-0.1, -0.05) is 36.2 Å². The summed E-state index contributed by atoms with van der Waals surface area (Å²) >= 11 is 7.41. The maximum Gasteiger partial charge on any atom is 0.256 e. The van der Waals surface area contributed by atoms with E-state index in [1.54, 1.807) is 12.1 Å². The maximum absolute atomic E-state index is 13.4. The lowest BCUT2D eigenvalue weighted by Gasteiger charge is -2.21. The van der Waals surface area contributed by atoms with Gasteiger partial charge < -0.3 is 20.8 Å². The molecule has 0 spiro atoms. The first kappa shape index (κ1) is 27.8. The minimum Gasteiger partial charge on any atom is -0.467 e. The molecule has 5 rings (SSSR count). The molecule has 1 aromatic carbocycles. The van der Waals surface area contributed by atoms with E-state index in [0.29, 0.717) is 23.9 Å². The molecule has 1 aliphatic carbocycles. The molecule has 3 aliphatic rings. The van der Waals surface area contributed by atoms with E-state index in [2.05, 4.69) is 15.6 Å². The number of rotatable bonds is 8. The van der Waals surface area contributed by atoms with E-state index < -0.39 is 21.2 Å². The van der Waals surface area contributed by atoms with Crippen molar-refractivity contribution in [3.63, 3.8) is 0 Å². The van der Waals surface area contributed by atoms with Crippen molar-refractivity contribution in [3.8, 4) is 0 Å². The lowest BCUT2D eigenvalue weighted by Crippen LogP contribution is -2.33. The van der Waals surface area contributed by atoms with E-state index in [4.69, 9.17) is 21.8 Å². The van der Waals surface area contributed by atoms with E-state index in [9.17, 15) is 18.0 Å². The van der Waals surface area contributed by atoms with Crippen LogP contribution in [0.3, 0.4) is 0 Å². The number of nitrogens with zero attached hydrogens (tertiary/aromatic N) is 2. The van der Waals surface area contributed by atoms with Crippen molar-refractivity contribution < 1.29 is 22.4 Å². The number of hydrogen-bond donors (Lipinski definition) is 3. The van der Waals surface area contributed by atoms with Gasteiger partial charge in [-0.2, -0.15) is 4.31 Å². The van der Waals surface area contributed by atoms with Gasteiger partial charge >= 0.3 is 0 Å². The number of carbonyl (C=O) groups excluding carboxylic acids is 2. The van der Waals surface area contributed by atoms with Crippen LogP contribution in [0.1, 0.15) is 44.3 Å². The predicted octanol–water partition coefficient (Wildman–Crippen LogP) is 3.64. The molecular weight excluding hydrogens is 562 g/mol. The summed E-state index contributed by atoms with van der Waals surface area (Å²) in [7, 11) is -3.75. The first-order valence-corrected chi connectivity index (χ1v) is 15.6. The van der Waals surface area contributed by atoms with Crippen molar-refractivity contribution in [1.29, 1.82) is 0 Å². The van der Waals surface area contributed by atoms with E-state index in [1.807, 2.05) is 0 Å². The van der Waals surface area contributed by atoms with Crippen LogP contribution in [0, 0.1) is 0 Å². The zero-order valence-electron chi connectivity index (χ0n) is 21.2. The smallest absolute Gasteiger partial charge is 0.256 e. The molecular formula is C26H30ClN5O5S2. The number of nitrogens with two attached hydrogens (primary N) is 1. The molecule has 10 nitrogen and oxygen atoms in total. The fraction of sp³-hybridized carbons (Fsp3) is 0.423. The predicted molar refractivity (Wildman–Crippen MR) is 151 cm³/mol. The highest BCUT2D eigenvalue weighted by Crippen LogP contribution is 2.36. The molecule has 1 aromatic heterocycles. The molecule has 39 heavy (non-hydrogen) atoms. The van der Waals surface area contributed by atoms with Crippen molar-refractivity contribution in [2.24, 2.45) is 10.7 Å². The average Bonchev–Trinajstić information content (AvgIpc) is 3.55. The summed E-state index contributed by atoms with van der Waals surface area (Å²) in [5.74, 6) is -0.311. The van der Waals surface area contributed by atoms with Gasteiger partial charge in [0.25, 0.3) is 5.91 Å². The highest BCUT2D eigenvalue weighted by atomic mass is 35.5. The molecule has 3 heterocycles. The second kappa shape index (κ2) is 11.7. The number of furan rings is 1. The second-order valence-corrected chi connectivity index (χ2v) is 13.2. The van der Waals surface area contributed by atoms with Crippen molar-refractivity contribution >= 4 is 55.9 Å². The van der Waals surface area contributed by atoms with Crippen molar-refractivity contribution in [2.75, 3.05) is 18.4 Å². The zero-order valence-corrected chi connectivity index (χ0v) is 23.6. The molecule has 4 N–H and O–H groups in total. The Morgan fingerprint density at radius 3 is 2.56 bits per heavy atom. The lowest BCUT2D eigenvalue weighted by atomic mass is 10.1. The Balaban J connectivity index is 1.37. The van der Waals surface area contributed by atoms with Crippen LogP contribution < -0.4 is 16.4 Å². The zero-order chi connectivity index (χ0) is 27.6. The Morgan fingerprint density at radius 1 is 1.15 bits per heavy atom. The summed E-state index contributed by atoms with van der Waals surface area (Å²) in [6, 6.07) is 7.86. The van der Waals surface area contributed by atoms with Gasteiger partial charge in [0, 0.05) is 24.8 Å². The quantitative estimate of drug-likeness (QED) is 0.424. The molecule has 0 radical (unpaired) electrons. The molecule has 2 aromatic rings. The Bertz CT molecular complexity index is 1410. The van der Waals surface area contributed by atoms with E-state index in [-0.39, 0.29) is 45.4 Å². The summed E-state index contributed by atoms with van der Waals surface area (Å²) in [5, 5.41) is 5.19. The van der Waals surface area contributed by atoms with Crippen molar-refractivity contribution in [2.45, 2.75) is 61.3 Å². The van der Waals surface area contributed by atoms with Crippen LogP contribution in [0.5, 0.6) is 0 Å². The Labute approximate surface area is 236 Å². The van der Waals surface area contributed by atoms with Crippen LogP contribution in [-0.2, 0) is 26.2 Å². The number of nitrogens with one attached hydrogen (secondary N) is 2. The first-order valence-electron chi connectivity index (χ1n) is 12.9. The number of sulfonamides is 1. The van der Waals surface area contributed by atoms with Gasteiger partial charge in [0.15, 0.2) is 0 Å². The van der Waals surface area contributed by atoms with Crippen molar-refractivity contribution in [3.05, 3.63) is 58.6 Å². The maximum atomic E-state index is 13.4. The summed E-state index contributed by atoms with van der Waals surface area (Å²) in [6.07, 6.45) is 6.92. The number of halogens is 1. The Morgan fingerprint density at radius 2 is 1.90 bits per heavy atom. The fourth-order valence-electron chi connectivity index (χ4n) is 4.46. The van der Waals surface area contributed by atoms with E-state index in [0.717, 1.165) is 50.3 Å². The number of aliphatic imine (C=N–C) groups is 1. The first-order chi connectivity index (χ1) is 18.7. The van der Waals surface area contributed by atoms with Crippen LogP contribution in [0.2, 0.25) is 5.02 Å². The number of benzene rings is 1. The monoisotopic (exact) mass is 591 g/mol. The SMILES string of the molecule is NC1=C(C(=O)NC2CC2)C(=NCc2ccco2)SC1C(=O)Nc1cc(S(=O)(=O)N2CCCCCC2)ccc1Cl. The number of hydrogen-bond acceptors (Lipinski definition) is 8. The van der Waals surface area contributed by atoms with E-state index >= 15 is 0 Å².